The maximum absolute atomic E-state index is 4.60. The van der Waals surface area contributed by atoms with Gasteiger partial charge in [-0.05, 0) is 29.2 Å². The molecule has 0 spiro atoms. The zero-order valence-electron chi connectivity index (χ0n) is 9.86. The Hall–Kier alpha value is -1.45. The molecule has 0 aliphatic heterocycles. The summed E-state index contributed by atoms with van der Waals surface area (Å²) in [4.78, 5) is 5.59. The molecule has 3 aromatic heterocycles. The zero-order valence-corrected chi connectivity index (χ0v) is 11.5. The van der Waals surface area contributed by atoms with Crippen LogP contribution in [0.4, 0.5) is 0 Å². The number of nitrogens with one attached hydrogen (secondary N) is 1. The summed E-state index contributed by atoms with van der Waals surface area (Å²) in [5, 5.41) is 18.3. The van der Waals surface area contributed by atoms with E-state index in [1.807, 2.05) is 25.7 Å². The first-order chi connectivity index (χ1) is 8.79. The van der Waals surface area contributed by atoms with Gasteiger partial charge < -0.3 is 5.32 Å². The van der Waals surface area contributed by atoms with Crippen LogP contribution in [0.5, 0.6) is 0 Å². The van der Waals surface area contributed by atoms with Crippen LogP contribution in [0.1, 0.15) is 5.69 Å². The van der Waals surface area contributed by atoms with Gasteiger partial charge in [0.25, 0.3) is 0 Å². The lowest BCUT2D eigenvalue weighted by atomic mass is 10.5. The number of tetrazole rings is 1. The minimum Gasteiger partial charge on any atom is -0.314 e. The molecule has 0 radical (unpaired) electrons. The van der Waals surface area contributed by atoms with Gasteiger partial charge >= 0.3 is 0 Å². The largest absolute Gasteiger partial charge is 0.314 e. The monoisotopic (exact) mass is 281 g/mol. The van der Waals surface area contributed by atoms with E-state index >= 15 is 0 Å². The molecule has 0 atom stereocenters. The van der Waals surface area contributed by atoms with Gasteiger partial charge in [-0.15, -0.1) is 16.4 Å². The van der Waals surface area contributed by atoms with Gasteiger partial charge in [-0.3, -0.25) is 4.40 Å². The molecule has 0 aromatic carbocycles. The van der Waals surface area contributed by atoms with E-state index in [2.05, 4.69) is 30.2 Å². The van der Waals surface area contributed by atoms with Gasteiger partial charge in [-0.2, -0.15) is 0 Å². The van der Waals surface area contributed by atoms with Crippen LogP contribution in [0, 0.1) is 0 Å². The molecule has 9 heteroatoms. The molecule has 94 valence electrons. The first-order valence-corrected chi connectivity index (χ1v) is 6.98. The van der Waals surface area contributed by atoms with E-state index in [0.29, 0.717) is 0 Å². The van der Waals surface area contributed by atoms with Gasteiger partial charge in [0.15, 0.2) is 4.96 Å². The number of thiazole rings is 1. The molecule has 0 aliphatic carbocycles. The fourth-order valence-corrected chi connectivity index (χ4v) is 3.25. The molecule has 0 fully saturated rings. The van der Waals surface area contributed by atoms with E-state index in [1.165, 1.54) is 11.8 Å². The first-order valence-electron chi connectivity index (χ1n) is 5.29. The highest BCUT2D eigenvalue weighted by molar-refractivity contribution is 7.99. The quantitative estimate of drug-likeness (QED) is 0.762. The van der Waals surface area contributed by atoms with Crippen molar-refractivity contribution in [3.05, 3.63) is 17.3 Å². The molecule has 0 aliphatic rings. The molecule has 0 unspecified atom stereocenters. The molecule has 0 saturated carbocycles. The Balaban J connectivity index is 2.02. The lowest BCUT2D eigenvalue weighted by Gasteiger charge is -2.01. The lowest BCUT2D eigenvalue weighted by Crippen LogP contribution is -2.08. The van der Waals surface area contributed by atoms with Crippen LogP contribution < -0.4 is 5.32 Å². The Kier molecular flexibility index (Phi) is 3.02. The molecule has 3 rings (SSSR count). The standard InChI is InChI=1S/C9H11N7S2/c1-10-5-6-7(11-8-16(6)3-4-17-8)18-9-12-13-14-15(9)2/h3-4,10H,5H2,1-2H3. The van der Waals surface area contributed by atoms with E-state index in [9.17, 15) is 0 Å². The maximum atomic E-state index is 4.60. The highest BCUT2D eigenvalue weighted by Gasteiger charge is 2.16. The average molecular weight is 281 g/mol. The highest BCUT2D eigenvalue weighted by Crippen LogP contribution is 2.29. The molecule has 0 amide bonds. The second kappa shape index (κ2) is 4.67. The molecule has 1 N–H and O–H groups in total. The Morgan fingerprint density at radius 3 is 3.11 bits per heavy atom. The van der Waals surface area contributed by atoms with Crippen LogP contribution in [-0.4, -0.2) is 36.6 Å². The molecule has 3 heterocycles. The van der Waals surface area contributed by atoms with Crippen molar-refractivity contribution in [2.45, 2.75) is 16.7 Å². The van der Waals surface area contributed by atoms with E-state index in [4.69, 9.17) is 0 Å². The van der Waals surface area contributed by atoms with Crippen LogP contribution in [0.2, 0.25) is 0 Å². The Morgan fingerprint density at radius 1 is 1.50 bits per heavy atom. The molecule has 3 aromatic rings. The maximum Gasteiger partial charge on any atom is 0.215 e. The van der Waals surface area contributed by atoms with Crippen molar-refractivity contribution >= 4 is 28.1 Å². The molecule has 0 bridgehead atoms. The number of imidazole rings is 1. The van der Waals surface area contributed by atoms with Gasteiger partial charge in [0.1, 0.15) is 5.03 Å². The van der Waals surface area contributed by atoms with Gasteiger partial charge in [0, 0.05) is 25.2 Å². The van der Waals surface area contributed by atoms with Crippen molar-refractivity contribution in [3.63, 3.8) is 0 Å². The van der Waals surface area contributed by atoms with Gasteiger partial charge in [-0.1, -0.05) is 0 Å². The highest BCUT2D eigenvalue weighted by atomic mass is 32.2. The minimum atomic E-state index is 0.734. The third-order valence-electron chi connectivity index (χ3n) is 2.44. The summed E-state index contributed by atoms with van der Waals surface area (Å²) in [5.41, 5.74) is 1.13. The van der Waals surface area contributed by atoms with Gasteiger partial charge in [0.05, 0.1) is 5.69 Å². The Bertz CT molecular complexity index is 667. The summed E-state index contributed by atoms with van der Waals surface area (Å²) in [6, 6.07) is 0. The first kappa shape index (κ1) is 11.6. The summed E-state index contributed by atoms with van der Waals surface area (Å²) >= 11 is 3.10. The van der Waals surface area contributed by atoms with E-state index in [0.717, 1.165) is 27.4 Å². The predicted octanol–water partition coefficient (Wildman–Crippen LogP) is 0.790. The topological polar surface area (TPSA) is 72.9 Å². The number of aromatic nitrogens is 6. The molecular formula is C9H11N7S2. The van der Waals surface area contributed by atoms with Gasteiger partial charge in [0.2, 0.25) is 5.16 Å². The van der Waals surface area contributed by atoms with Crippen molar-refractivity contribution in [2.24, 2.45) is 7.05 Å². The van der Waals surface area contributed by atoms with Crippen LogP contribution in [0.25, 0.3) is 4.96 Å². The van der Waals surface area contributed by atoms with Crippen LogP contribution in [-0.2, 0) is 13.6 Å². The van der Waals surface area contributed by atoms with E-state index in [1.54, 1.807) is 16.0 Å². The number of aryl methyl sites for hydroxylation is 1. The number of rotatable bonds is 4. The smallest absolute Gasteiger partial charge is 0.215 e. The molecule has 18 heavy (non-hydrogen) atoms. The Morgan fingerprint density at radius 2 is 2.39 bits per heavy atom. The van der Waals surface area contributed by atoms with Crippen molar-refractivity contribution in [1.82, 2.24) is 34.9 Å². The third-order valence-corrected chi connectivity index (χ3v) is 4.24. The van der Waals surface area contributed by atoms with E-state index < -0.39 is 0 Å². The second-order valence-corrected chi connectivity index (χ2v) is 5.47. The van der Waals surface area contributed by atoms with Gasteiger partial charge in [-0.25, -0.2) is 9.67 Å². The SMILES string of the molecule is CNCc1c(Sc2nnnn2C)nc2sccn12. The fourth-order valence-electron chi connectivity index (χ4n) is 1.62. The zero-order chi connectivity index (χ0) is 12.5. The lowest BCUT2D eigenvalue weighted by molar-refractivity contribution is 0.664. The number of hydrogen-bond donors (Lipinski definition) is 1. The predicted molar refractivity (Wildman–Crippen MR) is 68.8 cm³/mol. The average Bonchev–Trinajstić information content (AvgIpc) is 3.01. The van der Waals surface area contributed by atoms with Crippen molar-refractivity contribution in [2.75, 3.05) is 7.05 Å². The van der Waals surface area contributed by atoms with Crippen LogP contribution in [0.15, 0.2) is 21.8 Å². The third kappa shape index (κ3) is 1.89. The second-order valence-electron chi connectivity index (χ2n) is 3.64. The number of nitrogens with zero attached hydrogens (tertiary/aromatic N) is 6. The number of hydrogen-bond acceptors (Lipinski definition) is 7. The summed E-state index contributed by atoms with van der Waals surface area (Å²) in [6.07, 6.45) is 2.03. The summed E-state index contributed by atoms with van der Waals surface area (Å²) in [7, 11) is 3.74. The summed E-state index contributed by atoms with van der Waals surface area (Å²) in [6.45, 7) is 0.755. The molecule has 7 nitrogen and oxygen atoms in total. The number of fused-ring (bicyclic) bond motifs is 1. The van der Waals surface area contributed by atoms with Crippen LogP contribution >= 0.6 is 23.1 Å². The summed E-state index contributed by atoms with van der Waals surface area (Å²) < 4.78 is 3.73. The minimum absolute atomic E-state index is 0.734. The molecular weight excluding hydrogens is 270 g/mol. The Labute approximate surface area is 111 Å². The fraction of sp³-hybridized carbons (Fsp3) is 0.333. The van der Waals surface area contributed by atoms with E-state index in [-0.39, 0.29) is 0 Å². The van der Waals surface area contributed by atoms with Crippen LogP contribution in [0.3, 0.4) is 0 Å². The molecule has 0 saturated heterocycles. The van der Waals surface area contributed by atoms with Crippen molar-refractivity contribution in [1.29, 1.82) is 0 Å². The van der Waals surface area contributed by atoms with Crippen molar-refractivity contribution < 1.29 is 0 Å². The van der Waals surface area contributed by atoms with Crippen molar-refractivity contribution in [3.8, 4) is 0 Å². The summed E-state index contributed by atoms with van der Waals surface area (Å²) in [5.74, 6) is 0. The normalized spacial score (nSPS) is 11.4.